The van der Waals surface area contributed by atoms with Gasteiger partial charge in [0.1, 0.15) is 0 Å². The van der Waals surface area contributed by atoms with E-state index in [4.69, 9.17) is 21.1 Å². The molecule has 0 spiro atoms. The van der Waals surface area contributed by atoms with Crippen molar-refractivity contribution >= 4 is 17.2 Å². The van der Waals surface area contributed by atoms with E-state index in [2.05, 4.69) is 13.8 Å². The Bertz CT molecular complexity index is 443. The van der Waals surface area contributed by atoms with Crippen molar-refractivity contribution in [1.29, 1.82) is 0 Å². The lowest BCUT2D eigenvalue weighted by Gasteiger charge is -2.33. The number of hydrogen-bond donors (Lipinski definition) is 0. The van der Waals surface area contributed by atoms with Gasteiger partial charge in [-0.15, -0.1) is 0 Å². The summed E-state index contributed by atoms with van der Waals surface area (Å²) in [6.07, 6.45) is 0.880. The molecule has 0 amide bonds. The van der Waals surface area contributed by atoms with E-state index < -0.39 is 5.79 Å². The summed E-state index contributed by atoms with van der Waals surface area (Å²) in [7, 11) is 0. The number of allylic oxidation sites excluding steroid dienone is 1. The van der Waals surface area contributed by atoms with Crippen molar-refractivity contribution < 1.29 is 9.47 Å². The van der Waals surface area contributed by atoms with E-state index in [-0.39, 0.29) is 0 Å². The third kappa shape index (κ3) is 4.08. The van der Waals surface area contributed by atoms with Gasteiger partial charge in [0, 0.05) is 18.2 Å². The topological polar surface area (TPSA) is 18.5 Å². The molecule has 2 nitrogen and oxygen atoms in total. The standard InChI is InChI=1S/C17H25ClO2/c1-6-16(17(5,19-7-2)20-8-3)13(4)14-9-11-15(18)12-10-14/h9-12H,6-8H2,1-5H3. The van der Waals surface area contributed by atoms with Crippen LogP contribution in [0.4, 0.5) is 0 Å². The van der Waals surface area contributed by atoms with Crippen LogP contribution in [0.2, 0.25) is 5.02 Å². The lowest BCUT2D eigenvalue weighted by Crippen LogP contribution is -2.35. The maximum absolute atomic E-state index is 5.95. The molecule has 3 heteroatoms. The summed E-state index contributed by atoms with van der Waals surface area (Å²) in [5.74, 6) is -0.665. The first-order chi connectivity index (χ1) is 9.48. The van der Waals surface area contributed by atoms with Crippen molar-refractivity contribution in [3.63, 3.8) is 0 Å². The minimum absolute atomic E-state index is 0.619. The molecule has 0 aromatic heterocycles. The Labute approximate surface area is 127 Å². The van der Waals surface area contributed by atoms with Crippen molar-refractivity contribution in [2.24, 2.45) is 0 Å². The highest BCUT2D eigenvalue weighted by Gasteiger charge is 2.30. The van der Waals surface area contributed by atoms with Crippen LogP contribution in [0.1, 0.15) is 46.6 Å². The fraction of sp³-hybridized carbons (Fsp3) is 0.529. The van der Waals surface area contributed by atoms with Gasteiger partial charge in [0.05, 0.1) is 0 Å². The molecular weight excluding hydrogens is 272 g/mol. The first-order valence-electron chi connectivity index (χ1n) is 7.22. The van der Waals surface area contributed by atoms with Gasteiger partial charge in [0.15, 0.2) is 5.79 Å². The maximum atomic E-state index is 5.95. The summed E-state index contributed by atoms with van der Waals surface area (Å²) in [6.45, 7) is 11.5. The molecule has 20 heavy (non-hydrogen) atoms. The zero-order valence-corrected chi connectivity index (χ0v) is 13.9. The number of halogens is 1. The molecule has 0 fully saturated rings. The molecule has 0 aliphatic carbocycles. The van der Waals surface area contributed by atoms with Crippen LogP contribution in [0.25, 0.3) is 5.57 Å². The predicted molar refractivity (Wildman–Crippen MR) is 86.0 cm³/mol. The maximum Gasteiger partial charge on any atom is 0.188 e. The normalized spacial score (nSPS) is 13.3. The Kier molecular flexibility index (Phi) is 6.74. The smallest absolute Gasteiger partial charge is 0.188 e. The largest absolute Gasteiger partial charge is 0.347 e. The van der Waals surface area contributed by atoms with Gasteiger partial charge in [-0.3, -0.25) is 0 Å². The minimum atomic E-state index is -0.665. The van der Waals surface area contributed by atoms with E-state index in [0.29, 0.717) is 13.2 Å². The Balaban J connectivity index is 3.24. The lowest BCUT2D eigenvalue weighted by atomic mass is 9.94. The molecule has 0 aliphatic heterocycles. The molecule has 1 aromatic carbocycles. The second-order valence-electron chi connectivity index (χ2n) is 4.78. The highest BCUT2D eigenvalue weighted by molar-refractivity contribution is 6.30. The number of hydrogen-bond acceptors (Lipinski definition) is 2. The van der Waals surface area contributed by atoms with Crippen LogP contribution in [-0.4, -0.2) is 19.0 Å². The summed E-state index contributed by atoms with van der Waals surface area (Å²) >= 11 is 5.95. The van der Waals surface area contributed by atoms with Crippen LogP contribution in [0.15, 0.2) is 29.8 Å². The Morgan fingerprint density at radius 2 is 1.55 bits per heavy atom. The third-order valence-corrected chi connectivity index (χ3v) is 3.72. The van der Waals surface area contributed by atoms with Crippen molar-refractivity contribution in [3.8, 4) is 0 Å². The average molecular weight is 297 g/mol. The molecule has 0 unspecified atom stereocenters. The van der Waals surface area contributed by atoms with Gasteiger partial charge in [0.25, 0.3) is 0 Å². The lowest BCUT2D eigenvalue weighted by molar-refractivity contribution is -0.195. The van der Waals surface area contributed by atoms with Crippen LogP contribution in [0, 0.1) is 0 Å². The van der Waals surface area contributed by atoms with Crippen LogP contribution in [-0.2, 0) is 9.47 Å². The second kappa shape index (κ2) is 7.82. The molecule has 0 bridgehead atoms. The van der Waals surface area contributed by atoms with Crippen molar-refractivity contribution in [3.05, 3.63) is 40.4 Å². The van der Waals surface area contributed by atoms with E-state index in [1.165, 1.54) is 11.1 Å². The minimum Gasteiger partial charge on any atom is -0.347 e. The van der Waals surface area contributed by atoms with E-state index >= 15 is 0 Å². The zero-order valence-electron chi connectivity index (χ0n) is 13.1. The van der Waals surface area contributed by atoms with Gasteiger partial charge < -0.3 is 9.47 Å². The summed E-state index contributed by atoms with van der Waals surface area (Å²) in [5.41, 5.74) is 3.51. The second-order valence-corrected chi connectivity index (χ2v) is 5.21. The van der Waals surface area contributed by atoms with E-state index in [1.807, 2.05) is 45.0 Å². The fourth-order valence-electron chi connectivity index (χ4n) is 2.57. The van der Waals surface area contributed by atoms with Crippen LogP contribution in [0.5, 0.6) is 0 Å². The first kappa shape index (κ1) is 17.2. The highest BCUT2D eigenvalue weighted by Crippen LogP contribution is 2.33. The van der Waals surface area contributed by atoms with Gasteiger partial charge in [-0.1, -0.05) is 30.7 Å². The third-order valence-electron chi connectivity index (χ3n) is 3.47. The zero-order chi connectivity index (χ0) is 15.2. The number of benzene rings is 1. The van der Waals surface area contributed by atoms with Gasteiger partial charge in [-0.25, -0.2) is 0 Å². The monoisotopic (exact) mass is 296 g/mol. The molecule has 0 saturated heterocycles. The van der Waals surface area contributed by atoms with Gasteiger partial charge in [-0.05, 0) is 63.0 Å². The SMILES string of the molecule is CCOC(C)(OCC)C(CC)=C(C)c1ccc(Cl)cc1. The van der Waals surface area contributed by atoms with Gasteiger partial charge in [0.2, 0.25) is 0 Å². The van der Waals surface area contributed by atoms with Crippen molar-refractivity contribution in [2.45, 2.75) is 46.8 Å². The quantitative estimate of drug-likeness (QED) is 0.635. The van der Waals surface area contributed by atoms with Crippen molar-refractivity contribution in [1.82, 2.24) is 0 Å². The number of rotatable bonds is 7. The van der Waals surface area contributed by atoms with Crippen LogP contribution < -0.4 is 0 Å². The first-order valence-corrected chi connectivity index (χ1v) is 7.60. The summed E-state index contributed by atoms with van der Waals surface area (Å²) in [5, 5.41) is 0.747. The van der Waals surface area contributed by atoms with E-state index in [0.717, 1.165) is 17.0 Å². The molecule has 0 saturated carbocycles. The highest BCUT2D eigenvalue weighted by atomic mass is 35.5. The fourth-order valence-corrected chi connectivity index (χ4v) is 2.69. The van der Waals surface area contributed by atoms with Crippen LogP contribution in [0.3, 0.4) is 0 Å². The predicted octanol–water partition coefficient (Wildman–Crippen LogP) is 5.31. The van der Waals surface area contributed by atoms with Gasteiger partial charge >= 0.3 is 0 Å². The summed E-state index contributed by atoms with van der Waals surface area (Å²) in [4.78, 5) is 0. The Hall–Kier alpha value is -0.830. The average Bonchev–Trinajstić information content (AvgIpc) is 2.40. The number of ether oxygens (including phenoxy) is 2. The van der Waals surface area contributed by atoms with E-state index in [9.17, 15) is 0 Å². The molecule has 0 radical (unpaired) electrons. The molecular formula is C17H25ClO2. The Morgan fingerprint density at radius 3 is 1.95 bits per heavy atom. The summed E-state index contributed by atoms with van der Waals surface area (Å²) in [6, 6.07) is 7.88. The molecule has 0 heterocycles. The Morgan fingerprint density at radius 1 is 1.05 bits per heavy atom. The molecule has 0 N–H and O–H groups in total. The van der Waals surface area contributed by atoms with Gasteiger partial charge in [-0.2, -0.15) is 0 Å². The van der Waals surface area contributed by atoms with Crippen molar-refractivity contribution in [2.75, 3.05) is 13.2 Å². The van der Waals surface area contributed by atoms with Crippen LogP contribution >= 0.6 is 11.6 Å². The molecule has 0 atom stereocenters. The summed E-state index contributed by atoms with van der Waals surface area (Å²) < 4.78 is 11.8. The van der Waals surface area contributed by atoms with E-state index in [1.54, 1.807) is 0 Å². The molecule has 1 aromatic rings. The molecule has 112 valence electrons. The molecule has 0 aliphatic rings. The molecule has 1 rings (SSSR count).